The van der Waals surface area contributed by atoms with Gasteiger partial charge in [0.05, 0.1) is 51.0 Å². The first-order valence-electron chi connectivity index (χ1n) is 19.4. The van der Waals surface area contributed by atoms with Crippen LogP contribution in [0.4, 0.5) is 22.0 Å². The molecule has 60 heavy (non-hydrogen) atoms. The fraction of sp³-hybridized carbons (Fsp3) is 0.213. The van der Waals surface area contributed by atoms with Crippen LogP contribution >= 0.6 is 0 Å². The standard InChI is InChI=1S/C47H47N7O6/c1-33(55)34(30-59-47(35-15-9-6-10-16-35,36-21-25-40(57-4)26-22-36)37-23-27-41(58-5)28-24-37)29-53-32-48-42-43(49-31-52(2)3)50-45(51-44(42)53)60-46(56)54(38-17-11-7-12-18-38)39-19-13-8-14-20-39/h6-28,31-34,55H,29-30H2,1-5H3/t33-,34-/m1/s1. The number of carbonyl (C=O) groups excluding carboxylic acids is 1. The summed E-state index contributed by atoms with van der Waals surface area (Å²) in [7, 11) is 6.93. The second-order valence-electron chi connectivity index (χ2n) is 14.3. The van der Waals surface area contributed by atoms with Gasteiger partial charge in [0.25, 0.3) is 0 Å². The molecule has 0 spiro atoms. The summed E-state index contributed by atoms with van der Waals surface area (Å²) in [6.45, 7) is 2.06. The first-order valence-corrected chi connectivity index (χ1v) is 19.4. The number of carbonyl (C=O) groups is 1. The topological polar surface area (TPSA) is 137 Å². The average Bonchev–Trinajstić information content (AvgIpc) is 3.69. The van der Waals surface area contributed by atoms with Crippen molar-refractivity contribution in [2.75, 3.05) is 39.8 Å². The Hall–Kier alpha value is -7.09. The summed E-state index contributed by atoms with van der Waals surface area (Å²) in [6, 6.07) is 43.7. The van der Waals surface area contributed by atoms with Gasteiger partial charge in [0.2, 0.25) is 0 Å². The molecule has 0 saturated carbocycles. The predicted octanol–water partition coefficient (Wildman–Crippen LogP) is 8.41. The monoisotopic (exact) mass is 805 g/mol. The molecule has 0 aliphatic carbocycles. The molecule has 5 aromatic carbocycles. The molecule has 7 rings (SSSR count). The Labute approximate surface area is 349 Å². The zero-order valence-electron chi connectivity index (χ0n) is 34.1. The van der Waals surface area contributed by atoms with Crippen LogP contribution in [0.25, 0.3) is 11.2 Å². The SMILES string of the molecule is COc1ccc(C(OC[C@@H](Cn2cnc3c(N=CN(C)C)nc(OC(=O)N(c4ccccc4)c4ccccc4)nc32)[C@@H](C)O)(c2ccccc2)c2ccc(OC)cc2)cc1. The maximum Gasteiger partial charge on any atom is 0.426 e. The smallest absolute Gasteiger partial charge is 0.426 e. The Bertz CT molecular complexity index is 2410. The second kappa shape index (κ2) is 18.7. The number of benzene rings is 5. The predicted molar refractivity (Wildman–Crippen MR) is 232 cm³/mol. The summed E-state index contributed by atoms with van der Waals surface area (Å²) in [4.78, 5) is 35.7. The molecule has 0 radical (unpaired) electrons. The van der Waals surface area contributed by atoms with Crippen molar-refractivity contribution in [1.29, 1.82) is 0 Å². The molecule has 0 aliphatic rings. The van der Waals surface area contributed by atoms with Gasteiger partial charge in [-0.1, -0.05) is 91.0 Å². The van der Waals surface area contributed by atoms with Crippen LogP contribution in [-0.2, 0) is 16.9 Å². The van der Waals surface area contributed by atoms with Crippen molar-refractivity contribution in [2.24, 2.45) is 10.9 Å². The van der Waals surface area contributed by atoms with Gasteiger partial charge in [-0.25, -0.2) is 19.7 Å². The number of aromatic nitrogens is 4. The zero-order valence-corrected chi connectivity index (χ0v) is 34.1. The fourth-order valence-corrected chi connectivity index (χ4v) is 6.89. The largest absolute Gasteiger partial charge is 0.497 e. The molecular formula is C47H47N7O6. The number of hydrogen-bond acceptors (Lipinski definition) is 10. The molecule has 306 valence electrons. The molecule has 1 amide bonds. The molecule has 0 fully saturated rings. The van der Waals surface area contributed by atoms with Crippen molar-refractivity contribution in [2.45, 2.75) is 25.2 Å². The van der Waals surface area contributed by atoms with E-state index in [-0.39, 0.29) is 25.0 Å². The first-order chi connectivity index (χ1) is 29.2. The number of nitrogens with zero attached hydrogens (tertiary/aromatic N) is 7. The lowest BCUT2D eigenvalue weighted by Crippen LogP contribution is -2.37. The molecule has 2 heterocycles. The number of amides is 1. The van der Waals surface area contributed by atoms with Crippen molar-refractivity contribution in [3.05, 3.63) is 163 Å². The summed E-state index contributed by atoms with van der Waals surface area (Å²) in [5.74, 6) is 1.13. The average molecular weight is 806 g/mol. The third-order valence-corrected chi connectivity index (χ3v) is 10.0. The van der Waals surface area contributed by atoms with Gasteiger partial charge < -0.3 is 33.5 Å². The van der Waals surface area contributed by atoms with E-state index in [1.165, 1.54) is 4.90 Å². The van der Waals surface area contributed by atoms with E-state index in [1.54, 1.807) is 43.3 Å². The fourth-order valence-electron chi connectivity index (χ4n) is 6.89. The zero-order chi connectivity index (χ0) is 42.1. The molecule has 7 aromatic rings. The molecule has 0 bridgehead atoms. The van der Waals surface area contributed by atoms with E-state index in [0.717, 1.165) is 16.7 Å². The number of anilines is 2. The number of aliphatic hydroxyl groups is 1. The van der Waals surface area contributed by atoms with Crippen LogP contribution < -0.4 is 19.1 Å². The van der Waals surface area contributed by atoms with Crippen molar-refractivity contribution in [1.82, 2.24) is 24.4 Å². The molecule has 1 N–H and O–H groups in total. The minimum atomic E-state index is -1.11. The van der Waals surface area contributed by atoms with Crippen LogP contribution in [0.2, 0.25) is 0 Å². The van der Waals surface area contributed by atoms with Crippen molar-refractivity contribution >= 4 is 40.8 Å². The number of methoxy groups -OCH3 is 2. The Morgan fingerprint density at radius 3 is 1.78 bits per heavy atom. The van der Waals surface area contributed by atoms with Crippen LogP contribution in [0.3, 0.4) is 0 Å². The van der Waals surface area contributed by atoms with E-state index in [2.05, 4.69) is 15.0 Å². The van der Waals surface area contributed by atoms with Gasteiger partial charge in [0.15, 0.2) is 17.0 Å². The number of aliphatic imine (C=N–C) groups is 1. The Morgan fingerprint density at radius 2 is 1.28 bits per heavy atom. The van der Waals surface area contributed by atoms with E-state index in [1.807, 2.05) is 154 Å². The van der Waals surface area contributed by atoms with Crippen LogP contribution in [0.15, 0.2) is 151 Å². The Kier molecular flexibility index (Phi) is 12.8. The Balaban J connectivity index is 1.26. The third-order valence-electron chi connectivity index (χ3n) is 10.0. The lowest BCUT2D eigenvalue weighted by Gasteiger charge is -2.37. The number of hydrogen-bond donors (Lipinski definition) is 1. The van der Waals surface area contributed by atoms with Gasteiger partial charge in [0.1, 0.15) is 17.1 Å². The van der Waals surface area contributed by atoms with Crippen molar-refractivity contribution < 1.29 is 28.8 Å². The molecule has 13 nitrogen and oxygen atoms in total. The van der Waals surface area contributed by atoms with Gasteiger partial charge in [0, 0.05) is 26.6 Å². The third kappa shape index (κ3) is 8.97. The summed E-state index contributed by atoms with van der Waals surface area (Å²) in [5.41, 5.74) is 3.44. The lowest BCUT2D eigenvalue weighted by atomic mass is 9.79. The van der Waals surface area contributed by atoms with Gasteiger partial charge in [-0.2, -0.15) is 9.97 Å². The number of fused-ring (bicyclic) bond motifs is 1. The summed E-state index contributed by atoms with van der Waals surface area (Å²) < 4.78 is 25.9. The summed E-state index contributed by atoms with van der Waals surface area (Å²) in [6.07, 6.45) is 1.65. The first kappa shape index (κ1) is 41.1. The molecule has 0 saturated heterocycles. The number of imidazole rings is 1. The lowest BCUT2D eigenvalue weighted by molar-refractivity contribution is -0.0381. The molecule has 0 unspecified atom stereocenters. The molecule has 2 atom stereocenters. The van der Waals surface area contributed by atoms with E-state index in [4.69, 9.17) is 23.9 Å². The van der Waals surface area contributed by atoms with E-state index >= 15 is 0 Å². The van der Waals surface area contributed by atoms with E-state index < -0.39 is 23.7 Å². The number of aliphatic hydroxyl groups excluding tert-OH is 1. The van der Waals surface area contributed by atoms with Crippen LogP contribution in [0, 0.1) is 5.92 Å². The summed E-state index contributed by atoms with van der Waals surface area (Å²) in [5, 5.41) is 11.4. The highest BCUT2D eigenvalue weighted by atomic mass is 16.6. The highest BCUT2D eigenvalue weighted by Gasteiger charge is 2.39. The van der Waals surface area contributed by atoms with Gasteiger partial charge >= 0.3 is 12.1 Å². The van der Waals surface area contributed by atoms with Gasteiger partial charge in [-0.3, -0.25) is 0 Å². The van der Waals surface area contributed by atoms with E-state index in [0.29, 0.717) is 34.0 Å². The highest BCUT2D eigenvalue weighted by Crippen LogP contribution is 2.42. The molecule has 2 aromatic heterocycles. The second-order valence-corrected chi connectivity index (χ2v) is 14.3. The maximum absolute atomic E-state index is 14.0. The quantitative estimate of drug-likeness (QED) is 0.0576. The highest BCUT2D eigenvalue weighted by molar-refractivity contribution is 5.97. The van der Waals surface area contributed by atoms with Crippen molar-refractivity contribution in [3.8, 4) is 17.5 Å². The normalized spacial score (nSPS) is 12.6. The molecule has 13 heteroatoms. The number of rotatable bonds is 16. The van der Waals surface area contributed by atoms with Crippen LogP contribution in [0.1, 0.15) is 23.6 Å². The molecular weight excluding hydrogens is 759 g/mol. The minimum Gasteiger partial charge on any atom is -0.497 e. The maximum atomic E-state index is 14.0. The molecule has 0 aliphatic heterocycles. The van der Waals surface area contributed by atoms with E-state index in [9.17, 15) is 9.90 Å². The van der Waals surface area contributed by atoms with Gasteiger partial charge in [-0.15, -0.1) is 0 Å². The number of ether oxygens (including phenoxy) is 4. The summed E-state index contributed by atoms with van der Waals surface area (Å²) >= 11 is 0. The van der Waals surface area contributed by atoms with Crippen LogP contribution in [-0.4, -0.2) is 83.0 Å². The van der Waals surface area contributed by atoms with Crippen molar-refractivity contribution in [3.63, 3.8) is 0 Å². The Morgan fingerprint density at radius 1 is 0.767 bits per heavy atom. The van der Waals surface area contributed by atoms with Gasteiger partial charge in [-0.05, 0) is 72.1 Å². The number of para-hydroxylation sites is 2. The minimum absolute atomic E-state index is 0.103. The van der Waals surface area contributed by atoms with Crippen LogP contribution in [0.5, 0.6) is 17.5 Å².